The van der Waals surface area contributed by atoms with Crippen molar-refractivity contribution in [3.63, 3.8) is 0 Å². The van der Waals surface area contributed by atoms with E-state index in [1.165, 1.54) is 18.2 Å². The maximum absolute atomic E-state index is 13.4. The van der Waals surface area contributed by atoms with Gasteiger partial charge in [-0.2, -0.15) is 0 Å². The first-order valence-corrected chi connectivity index (χ1v) is 12.8. The van der Waals surface area contributed by atoms with Crippen molar-refractivity contribution in [1.82, 2.24) is 5.32 Å². The molecule has 196 valence electrons. The SMILES string of the molecule is CCOc1ccc(N2C(=O)NC(=O)/C(=C\c3cc(Cl)cc(Cl)c3OCc3cccc4ccccc34)C2=O)cc1. The largest absolute Gasteiger partial charge is 0.494 e. The lowest BCUT2D eigenvalue weighted by atomic mass is 10.0. The highest BCUT2D eigenvalue weighted by Gasteiger charge is 2.37. The van der Waals surface area contributed by atoms with Crippen molar-refractivity contribution in [2.75, 3.05) is 11.5 Å². The molecule has 7 nitrogen and oxygen atoms in total. The van der Waals surface area contributed by atoms with Gasteiger partial charge in [-0.15, -0.1) is 0 Å². The van der Waals surface area contributed by atoms with Crippen molar-refractivity contribution >= 4 is 63.6 Å². The zero-order valence-corrected chi connectivity index (χ0v) is 22.3. The van der Waals surface area contributed by atoms with Crippen molar-refractivity contribution < 1.29 is 23.9 Å². The van der Waals surface area contributed by atoms with E-state index in [-0.39, 0.29) is 33.7 Å². The Hall–Kier alpha value is -4.33. The van der Waals surface area contributed by atoms with E-state index in [2.05, 4.69) is 5.32 Å². The first kappa shape index (κ1) is 26.3. The summed E-state index contributed by atoms with van der Waals surface area (Å²) in [5.41, 5.74) is 1.23. The summed E-state index contributed by atoms with van der Waals surface area (Å²) in [6.07, 6.45) is 1.32. The molecule has 9 heteroatoms. The molecule has 4 aromatic rings. The predicted molar refractivity (Wildman–Crippen MR) is 151 cm³/mol. The Kier molecular flexibility index (Phi) is 7.54. The van der Waals surface area contributed by atoms with Crippen molar-refractivity contribution in [2.45, 2.75) is 13.5 Å². The minimum atomic E-state index is -0.858. The van der Waals surface area contributed by atoms with Crippen molar-refractivity contribution in [2.24, 2.45) is 0 Å². The second kappa shape index (κ2) is 11.2. The number of benzene rings is 4. The van der Waals surface area contributed by atoms with Crippen LogP contribution in [0, 0.1) is 0 Å². The standard InChI is InChI=1S/C30H22Cl2N2O5/c1-2-38-23-12-10-22(11-13-23)34-29(36)25(28(35)33-30(34)37)15-20-14-21(31)16-26(32)27(20)39-17-19-8-5-7-18-6-3-4-9-24(18)19/h3-16H,2,17H2,1H3,(H,33,35,37)/b25-15+. The fourth-order valence-corrected chi connectivity index (χ4v) is 4.88. The molecule has 39 heavy (non-hydrogen) atoms. The first-order valence-electron chi connectivity index (χ1n) is 12.1. The van der Waals surface area contributed by atoms with E-state index in [9.17, 15) is 14.4 Å². The van der Waals surface area contributed by atoms with E-state index in [0.717, 1.165) is 21.2 Å². The first-order chi connectivity index (χ1) is 18.9. The summed E-state index contributed by atoms with van der Waals surface area (Å²) in [5, 5.41) is 4.79. The van der Waals surface area contributed by atoms with Crippen LogP contribution in [0.15, 0.2) is 84.4 Å². The van der Waals surface area contributed by atoms with Gasteiger partial charge < -0.3 is 9.47 Å². The molecule has 0 unspecified atom stereocenters. The molecule has 0 aromatic heterocycles. The van der Waals surface area contributed by atoms with Crippen LogP contribution in [0.3, 0.4) is 0 Å². The molecule has 0 aliphatic carbocycles. The molecule has 0 spiro atoms. The van der Waals surface area contributed by atoms with Crippen molar-refractivity contribution in [3.05, 3.63) is 106 Å². The van der Waals surface area contributed by atoms with Crippen LogP contribution in [0.2, 0.25) is 10.0 Å². The van der Waals surface area contributed by atoms with Gasteiger partial charge in [0.1, 0.15) is 23.7 Å². The van der Waals surface area contributed by atoms with Crippen molar-refractivity contribution in [3.8, 4) is 11.5 Å². The average Bonchev–Trinajstić information content (AvgIpc) is 2.91. The van der Waals surface area contributed by atoms with Gasteiger partial charge in [0.25, 0.3) is 11.8 Å². The molecule has 1 aliphatic heterocycles. The normalized spacial score (nSPS) is 14.6. The van der Waals surface area contributed by atoms with E-state index in [1.54, 1.807) is 24.3 Å². The third-order valence-corrected chi connectivity index (χ3v) is 6.60. The van der Waals surface area contributed by atoms with E-state index >= 15 is 0 Å². The number of anilines is 1. The van der Waals surface area contributed by atoms with Crippen LogP contribution < -0.4 is 19.7 Å². The van der Waals surface area contributed by atoms with Gasteiger partial charge in [-0.3, -0.25) is 14.9 Å². The Labute approximate surface area is 234 Å². The minimum absolute atomic E-state index is 0.176. The molecule has 0 radical (unpaired) electrons. The number of hydrogen-bond donors (Lipinski definition) is 1. The lowest BCUT2D eigenvalue weighted by Crippen LogP contribution is -2.54. The second-order valence-corrected chi connectivity index (χ2v) is 9.46. The highest BCUT2D eigenvalue weighted by molar-refractivity contribution is 6.40. The summed E-state index contributed by atoms with van der Waals surface area (Å²) < 4.78 is 11.6. The number of amides is 4. The Morgan fingerprint density at radius 3 is 2.41 bits per heavy atom. The van der Waals surface area contributed by atoms with E-state index in [0.29, 0.717) is 17.9 Å². The fourth-order valence-electron chi connectivity index (χ4n) is 4.31. The fraction of sp³-hybridized carbons (Fsp3) is 0.100. The summed E-state index contributed by atoms with van der Waals surface area (Å²) in [4.78, 5) is 39.7. The third kappa shape index (κ3) is 5.46. The Bertz CT molecular complexity index is 1630. The Morgan fingerprint density at radius 2 is 1.64 bits per heavy atom. The van der Waals surface area contributed by atoms with Crippen LogP contribution in [0.1, 0.15) is 18.1 Å². The van der Waals surface area contributed by atoms with Gasteiger partial charge in [0, 0.05) is 10.6 Å². The Balaban J connectivity index is 1.49. The number of carbonyl (C=O) groups excluding carboxylic acids is 3. The zero-order valence-electron chi connectivity index (χ0n) is 20.7. The molecular formula is C30H22Cl2N2O5. The molecule has 0 bridgehead atoms. The number of halogens is 2. The molecule has 1 saturated heterocycles. The minimum Gasteiger partial charge on any atom is -0.494 e. The lowest BCUT2D eigenvalue weighted by Gasteiger charge is -2.26. The van der Waals surface area contributed by atoms with Crippen LogP contribution in [-0.4, -0.2) is 24.5 Å². The quantitative estimate of drug-likeness (QED) is 0.198. The number of nitrogens with zero attached hydrogens (tertiary/aromatic N) is 1. The number of nitrogens with one attached hydrogen (secondary N) is 1. The predicted octanol–water partition coefficient (Wildman–Crippen LogP) is 6.79. The molecule has 4 aromatic carbocycles. The number of barbiturate groups is 1. The number of rotatable bonds is 7. The van der Waals surface area contributed by atoms with Crippen LogP contribution in [-0.2, 0) is 16.2 Å². The highest BCUT2D eigenvalue weighted by atomic mass is 35.5. The van der Waals surface area contributed by atoms with E-state index in [4.69, 9.17) is 32.7 Å². The number of imide groups is 2. The van der Waals surface area contributed by atoms with Gasteiger partial charge in [0.05, 0.1) is 17.3 Å². The van der Waals surface area contributed by atoms with E-state index in [1.807, 2.05) is 49.4 Å². The maximum atomic E-state index is 13.4. The molecule has 1 heterocycles. The van der Waals surface area contributed by atoms with Crippen LogP contribution >= 0.6 is 23.2 Å². The molecule has 1 fully saturated rings. The van der Waals surface area contributed by atoms with Crippen LogP contribution in [0.5, 0.6) is 11.5 Å². The van der Waals surface area contributed by atoms with Gasteiger partial charge in [-0.05, 0) is 65.7 Å². The molecule has 1 N–H and O–H groups in total. The molecule has 5 rings (SSSR count). The summed E-state index contributed by atoms with van der Waals surface area (Å²) in [6.45, 7) is 2.49. The number of hydrogen-bond acceptors (Lipinski definition) is 5. The maximum Gasteiger partial charge on any atom is 0.335 e. The monoisotopic (exact) mass is 560 g/mol. The zero-order chi connectivity index (χ0) is 27.5. The topological polar surface area (TPSA) is 84.9 Å². The highest BCUT2D eigenvalue weighted by Crippen LogP contribution is 2.36. The average molecular weight is 561 g/mol. The molecule has 0 saturated carbocycles. The number of carbonyl (C=O) groups is 3. The number of ether oxygens (including phenoxy) is 2. The van der Waals surface area contributed by atoms with Crippen molar-refractivity contribution in [1.29, 1.82) is 0 Å². The molecular weight excluding hydrogens is 539 g/mol. The number of fused-ring (bicyclic) bond motifs is 1. The second-order valence-electron chi connectivity index (χ2n) is 8.62. The lowest BCUT2D eigenvalue weighted by molar-refractivity contribution is -0.122. The van der Waals surface area contributed by atoms with Gasteiger partial charge in [0.15, 0.2) is 0 Å². The third-order valence-electron chi connectivity index (χ3n) is 6.10. The van der Waals surface area contributed by atoms with Crippen LogP contribution in [0.25, 0.3) is 16.8 Å². The molecule has 4 amide bonds. The molecule has 0 atom stereocenters. The number of urea groups is 1. The summed E-state index contributed by atoms with van der Waals surface area (Å²) >= 11 is 12.8. The van der Waals surface area contributed by atoms with Gasteiger partial charge in [0.2, 0.25) is 0 Å². The van der Waals surface area contributed by atoms with Gasteiger partial charge in [-0.1, -0.05) is 65.7 Å². The summed E-state index contributed by atoms with van der Waals surface area (Å²) in [5.74, 6) is -0.821. The Morgan fingerprint density at radius 1 is 0.897 bits per heavy atom. The van der Waals surface area contributed by atoms with E-state index < -0.39 is 17.8 Å². The summed E-state index contributed by atoms with van der Waals surface area (Å²) in [6, 6.07) is 22.4. The van der Waals surface area contributed by atoms with Crippen LogP contribution in [0.4, 0.5) is 10.5 Å². The van der Waals surface area contributed by atoms with Gasteiger partial charge >= 0.3 is 6.03 Å². The smallest absolute Gasteiger partial charge is 0.335 e. The summed E-state index contributed by atoms with van der Waals surface area (Å²) in [7, 11) is 0. The molecule has 1 aliphatic rings. The van der Waals surface area contributed by atoms with Gasteiger partial charge in [-0.25, -0.2) is 9.69 Å².